The molecule has 92 valence electrons. The molecule has 2 rings (SSSR count). The zero-order valence-corrected chi connectivity index (χ0v) is 10.1. The molecule has 1 aliphatic heterocycles. The van der Waals surface area contributed by atoms with E-state index in [0.29, 0.717) is 18.7 Å². The predicted octanol–water partition coefficient (Wildman–Crippen LogP) is 2.60. The Morgan fingerprint density at radius 2 is 2.12 bits per heavy atom. The number of carbonyl (C=O) groups excluding carboxylic acids is 1. The number of carbonyl (C=O) groups is 1. The molecule has 0 radical (unpaired) electrons. The van der Waals surface area contributed by atoms with E-state index in [1.54, 1.807) is 0 Å². The van der Waals surface area contributed by atoms with Crippen molar-refractivity contribution in [2.24, 2.45) is 0 Å². The zero-order chi connectivity index (χ0) is 12.6. The van der Waals surface area contributed by atoms with E-state index in [2.05, 4.69) is 20.9 Å². The number of nitrogens with zero attached hydrogens (tertiary/aromatic N) is 2. The van der Waals surface area contributed by atoms with Crippen LogP contribution >= 0.6 is 15.9 Å². The van der Waals surface area contributed by atoms with Crippen LogP contribution in [0.4, 0.5) is 18.9 Å². The van der Waals surface area contributed by atoms with Crippen LogP contribution in [0.15, 0.2) is 18.3 Å². The highest BCUT2D eigenvalue weighted by molar-refractivity contribution is 9.09. The second kappa shape index (κ2) is 4.29. The lowest BCUT2D eigenvalue weighted by Crippen LogP contribution is -2.24. The van der Waals surface area contributed by atoms with Crippen molar-refractivity contribution in [1.29, 1.82) is 0 Å². The lowest BCUT2D eigenvalue weighted by atomic mass is 10.3. The van der Waals surface area contributed by atoms with Crippen molar-refractivity contribution >= 4 is 27.5 Å². The summed E-state index contributed by atoms with van der Waals surface area (Å²) in [5, 5.41) is 0. The monoisotopic (exact) mass is 308 g/mol. The summed E-state index contributed by atoms with van der Waals surface area (Å²) in [6, 6.07) is 2.14. The molecular formula is C10H8BrF3N2O. The molecule has 0 aliphatic carbocycles. The van der Waals surface area contributed by atoms with Crippen LogP contribution in [0, 0.1) is 0 Å². The number of amides is 1. The van der Waals surface area contributed by atoms with Gasteiger partial charge in [0.25, 0.3) is 0 Å². The Bertz CT molecular complexity index is 432. The van der Waals surface area contributed by atoms with Gasteiger partial charge in [-0.3, -0.25) is 4.79 Å². The van der Waals surface area contributed by atoms with Crippen LogP contribution < -0.4 is 4.90 Å². The fourth-order valence-corrected chi connectivity index (χ4v) is 2.19. The number of rotatable bonds is 1. The first kappa shape index (κ1) is 12.3. The van der Waals surface area contributed by atoms with E-state index in [0.717, 1.165) is 12.3 Å². The summed E-state index contributed by atoms with van der Waals surface area (Å²) in [6.45, 7) is 0.450. The van der Waals surface area contributed by atoms with Gasteiger partial charge in [-0.05, 0) is 12.1 Å². The maximum Gasteiger partial charge on any atom is 0.433 e. The Labute approximate surface area is 104 Å². The number of alkyl halides is 4. The molecule has 1 unspecified atom stereocenters. The number of halogens is 4. The zero-order valence-electron chi connectivity index (χ0n) is 8.54. The molecule has 1 aliphatic rings. The number of anilines is 1. The van der Waals surface area contributed by atoms with Gasteiger partial charge in [-0.25, -0.2) is 4.98 Å². The van der Waals surface area contributed by atoms with Gasteiger partial charge < -0.3 is 4.90 Å². The van der Waals surface area contributed by atoms with E-state index in [1.807, 2.05) is 0 Å². The number of hydrogen-bond donors (Lipinski definition) is 0. The molecular weight excluding hydrogens is 301 g/mol. The molecule has 3 nitrogen and oxygen atoms in total. The van der Waals surface area contributed by atoms with Crippen molar-refractivity contribution < 1.29 is 18.0 Å². The minimum Gasteiger partial charge on any atom is -0.310 e. The fourth-order valence-electron chi connectivity index (χ4n) is 1.63. The molecule has 2 heterocycles. The normalized spacial score (nSPS) is 21.1. The quantitative estimate of drug-likeness (QED) is 0.747. The highest BCUT2D eigenvalue weighted by atomic mass is 79.9. The average molecular weight is 309 g/mol. The van der Waals surface area contributed by atoms with Gasteiger partial charge in [-0.1, -0.05) is 15.9 Å². The average Bonchev–Trinajstić information content (AvgIpc) is 2.57. The Kier molecular flexibility index (Phi) is 3.11. The van der Waals surface area contributed by atoms with E-state index in [9.17, 15) is 18.0 Å². The summed E-state index contributed by atoms with van der Waals surface area (Å²) >= 11 is 3.30. The lowest BCUT2D eigenvalue weighted by molar-refractivity contribution is -0.141. The molecule has 7 heteroatoms. The number of pyridine rings is 1. The molecule has 1 saturated heterocycles. The van der Waals surface area contributed by atoms with E-state index in [1.165, 1.54) is 11.0 Å². The van der Waals surface area contributed by atoms with Gasteiger partial charge in [0.1, 0.15) is 5.69 Å². The highest BCUT2D eigenvalue weighted by Crippen LogP contribution is 2.30. The number of hydrogen-bond acceptors (Lipinski definition) is 2. The summed E-state index contributed by atoms with van der Waals surface area (Å²) in [5.74, 6) is -0.117. The fraction of sp³-hybridized carbons (Fsp3) is 0.400. The standard InChI is InChI=1S/C10H8BrF3N2O/c11-6-3-9(17)16(5-6)7-1-2-8(15-4-7)10(12,13)14/h1-2,4,6H,3,5H2. The topological polar surface area (TPSA) is 33.2 Å². The van der Waals surface area contributed by atoms with E-state index in [4.69, 9.17) is 0 Å². The van der Waals surface area contributed by atoms with Crippen molar-refractivity contribution in [3.63, 3.8) is 0 Å². The minimum atomic E-state index is -4.45. The molecule has 1 fully saturated rings. The largest absolute Gasteiger partial charge is 0.433 e. The Morgan fingerprint density at radius 3 is 2.53 bits per heavy atom. The maximum absolute atomic E-state index is 12.3. The molecule has 17 heavy (non-hydrogen) atoms. The van der Waals surface area contributed by atoms with Crippen LogP contribution in [0.5, 0.6) is 0 Å². The predicted molar refractivity (Wildman–Crippen MR) is 58.9 cm³/mol. The third-order valence-corrected chi connectivity index (χ3v) is 3.04. The van der Waals surface area contributed by atoms with Crippen LogP contribution in [-0.4, -0.2) is 22.3 Å². The third kappa shape index (κ3) is 2.59. The summed E-state index contributed by atoms with van der Waals surface area (Å²) in [6.07, 6.45) is -3.03. The van der Waals surface area contributed by atoms with Crippen molar-refractivity contribution in [3.8, 4) is 0 Å². The van der Waals surface area contributed by atoms with E-state index in [-0.39, 0.29) is 10.7 Å². The van der Waals surface area contributed by atoms with Crippen molar-refractivity contribution in [2.75, 3.05) is 11.4 Å². The first-order chi connectivity index (χ1) is 7.88. The smallest absolute Gasteiger partial charge is 0.310 e. The second-order valence-electron chi connectivity index (χ2n) is 3.71. The summed E-state index contributed by atoms with van der Waals surface area (Å²) in [5.41, 5.74) is -0.562. The van der Waals surface area contributed by atoms with E-state index >= 15 is 0 Å². The molecule has 0 bridgehead atoms. The second-order valence-corrected chi connectivity index (χ2v) is 5.00. The van der Waals surface area contributed by atoms with Crippen molar-refractivity contribution in [3.05, 3.63) is 24.0 Å². The Balaban J connectivity index is 2.22. The molecule has 0 spiro atoms. The molecule has 0 aromatic carbocycles. The van der Waals surface area contributed by atoms with Gasteiger partial charge in [0.05, 0.1) is 11.9 Å². The van der Waals surface area contributed by atoms with Crippen LogP contribution in [-0.2, 0) is 11.0 Å². The van der Waals surface area contributed by atoms with Crippen LogP contribution in [0.25, 0.3) is 0 Å². The van der Waals surface area contributed by atoms with Crippen LogP contribution in [0.2, 0.25) is 0 Å². The number of aromatic nitrogens is 1. The van der Waals surface area contributed by atoms with Gasteiger partial charge in [-0.15, -0.1) is 0 Å². The summed E-state index contributed by atoms with van der Waals surface area (Å²) in [7, 11) is 0. The highest BCUT2D eigenvalue weighted by Gasteiger charge is 2.33. The summed E-state index contributed by atoms with van der Waals surface area (Å²) < 4.78 is 36.9. The lowest BCUT2D eigenvalue weighted by Gasteiger charge is -2.16. The molecule has 1 atom stereocenters. The SMILES string of the molecule is O=C1CC(Br)CN1c1ccc(C(F)(F)F)nc1. The third-order valence-electron chi connectivity index (χ3n) is 2.43. The van der Waals surface area contributed by atoms with Crippen LogP contribution in [0.1, 0.15) is 12.1 Å². The molecule has 0 saturated carbocycles. The van der Waals surface area contributed by atoms with Gasteiger partial charge in [0.2, 0.25) is 5.91 Å². The van der Waals surface area contributed by atoms with Gasteiger partial charge in [0.15, 0.2) is 0 Å². The van der Waals surface area contributed by atoms with Gasteiger partial charge in [-0.2, -0.15) is 13.2 Å². The molecule has 0 N–H and O–H groups in total. The van der Waals surface area contributed by atoms with Gasteiger partial charge in [0, 0.05) is 17.8 Å². The summed E-state index contributed by atoms with van der Waals surface area (Å²) in [4.78, 5) is 16.3. The first-order valence-electron chi connectivity index (χ1n) is 4.85. The van der Waals surface area contributed by atoms with Crippen molar-refractivity contribution in [1.82, 2.24) is 4.98 Å². The maximum atomic E-state index is 12.3. The van der Waals surface area contributed by atoms with E-state index < -0.39 is 11.9 Å². The van der Waals surface area contributed by atoms with Gasteiger partial charge >= 0.3 is 6.18 Å². The van der Waals surface area contributed by atoms with Crippen LogP contribution in [0.3, 0.4) is 0 Å². The Hall–Kier alpha value is -1.11. The molecule has 1 aromatic heterocycles. The molecule has 1 aromatic rings. The first-order valence-corrected chi connectivity index (χ1v) is 5.77. The van der Waals surface area contributed by atoms with Crippen molar-refractivity contribution in [2.45, 2.75) is 17.4 Å². The Morgan fingerprint density at radius 1 is 1.41 bits per heavy atom. The minimum absolute atomic E-state index is 0.0392. The molecule has 1 amide bonds.